The van der Waals surface area contributed by atoms with Gasteiger partial charge >= 0.3 is 11.9 Å². The molecule has 0 bridgehead atoms. The number of carbonyl (C=O) groups is 3. The van der Waals surface area contributed by atoms with E-state index >= 15 is 0 Å². The monoisotopic (exact) mass is 441 g/mol. The minimum absolute atomic E-state index is 0.160. The van der Waals surface area contributed by atoms with Gasteiger partial charge in [-0.1, -0.05) is 11.6 Å². The fourth-order valence-electron chi connectivity index (χ4n) is 2.33. The highest BCUT2D eigenvalue weighted by molar-refractivity contribution is 8.00. The van der Waals surface area contributed by atoms with Crippen molar-refractivity contribution in [3.63, 3.8) is 0 Å². The van der Waals surface area contributed by atoms with E-state index in [1.807, 2.05) is 12.1 Å². The number of methoxy groups -OCH3 is 1. The summed E-state index contributed by atoms with van der Waals surface area (Å²) in [7, 11) is 1.24. The molecule has 0 aliphatic heterocycles. The van der Waals surface area contributed by atoms with Gasteiger partial charge in [-0.2, -0.15) is 0 Å². The van der Waals surface area contributed by atoms with Gasteiger partial charge in [0.1, 0.15) is 9.88 Å². The summed E-state index contributed by atoms with van der Waals surface area (Å²) in [5.41, 5.74) is 0.580. The lowest BCUT2D eigenvalue weighted by atomic mass is 10.1. The second kappa shape index (κ2) is 9.95. The van der Waals surface area contributed by atoms with E-state index in [9.17, 15) is 14.4 Å². The lowest BCUT2D eigenvalue weighted by Crippen LogP contribution is -2.23. The fourth-order valence-corrected chi connectivity index (χ4v) is 4.41. The average Bonchev–Trinajstić information content (AvgIpc) is 2.99. The summed E-state index contributed by atoms with van der Waals surface area (Å²) in [6, 6.07) is 7.14. The number of hydrogen-bond acceptors (Lipinski definition) is 7. The van der Waals surface area contributed by atoms with Crippen LogP contribution in [0.25, 0.3) is 0 Å². The Morgan fingerprint density at radius 1 is 1.21 bits per heavy atom. The van der Waals surface area contributed by atoms with Crippen LogP contribution in [0.4, 0.5) is 5.00 Å². The van der Waals surface area contributed by atoms with Crippen molar-refractivity contribution in [1.29, 1.82) is 0 Å². The molecule has 0 fully saturated rings. The SMILES string of the molecule is CCOC(=O)c1sc(NC(=O)C(C)Sc2ccc(Cl)cc2)c(C(=O)OC)c1C. The number of halogens is 1. The van der Waals surface area contributed by atoms with Crippen LogP contribution in [-0.4, -0.2) is 36.8 Å². The molecule has 0 spiro atoms. The molecule has 1 unspecified atom stereocenters. The third-order valence-corrected chi connectivity index (χ3v) is 6.28. The normalized spacial score (nSPS) is 11.6. The van der Waals surface area contributed by atoms with Crippen LogP contribution in [-0.2, 0) is 14.3 Å². The van der Waals surface area contributed by atoms with E-state index in [4.69, 9.17) is 21.1 Å². The van der Waals surface area contributed by atoms with Crippen molar-refractivity contribution in [1.82, 2.24) is 0 Å². The summed E-state index contributed by atoms with van der Waals surface area (Å²) >= 11 is 8.22. The van der Waals surface area contributed by atoms with Crippen molar-refractivity contribution in [2.45, 2.75) is 30.9 Å². The van der Waals surface area contributed by atoms with Gasteiger partial charge in [0.05, 0.1) is 24.5 Å². The number of thioether (sulfide) groups is 1. The van der Waals surface area contributed by atoms with E-state index in [-0.39, 0.29) is 28.0 Å². The number of nitrogens with one attached hydrogen (secondary N) is 1. The maximum Gasteiger partial charge on any atom is 0.348 e. The van der Waals surface area contributed by atoms with Crippen LogP contribution >= 0.6 is 34.7 Å². The summed E-state index contributed by atoms with van der Waals surface area (Å²) < 4.78 is 9.83. The van der Waals surface area contributed by atoms with E-state index in [1.54, 1.807) is 32.9 Å². The van der Waals surface area contributed by atoms with E-state index in [0.717, 1.165) is 16.2 Å². The lowest BCUT2D eigenvalue weighted by molar-refractivity contribution is -0.115. The van der Waals surface area contributed by atoms with E-state index < -0.39 is 17.2 Å². The van der Waals surface area contributed by atoms with Crippen molar-refractivity contribution in [2.75, 3.05) is 19.0 Å². The largest absolute Gasteiger partial charge is 0.465 e. The Morgan fingerprint density at radius 2 is 1.86 bits per heavy atom. The summed E-state index contributed by atoms with van der Waals surface area (Å²) in [6.07, 6.45) is 0. The van der Waals surface area contributed by atoms with Crippen molar-refractivity contribution in [3.05, 3.63) is 45.3 Å². The summed E-state index contributed by atoms with van der Waals surface area (Å²) in [5, 5.41) is 3.18. The predicted molar refractivity (Wildman–Crippen MR) is 112 cm³/mol. The van der Waals surface area contributed by atoms with Gasteiger partial charge in [-0.05, 0) is 50.6 Å². The van der Waals surface area contributed by atoms with E-state index in [0.29, 0.717) is 10.6 Å². The van der Waals surface area contributed by atoms with Crippen molar-refractivity contribution >= 4 is 57.5 Å². The topological polar surface area (TPSA) is 81.7 Å². The van der Waals surface area contributed by atoms with Crippen LogP contribution in [0.1, 0.15) is 39.4 Å². The molecule has 1 atom stereocenters. The number of rotatable bonds is 7. The number of carbonyl (C=O) groups excluding carboxylic acids is 3. The highest BCUT2D eigenvalue weighted by atomic mass is 35.5. The van der Waals surface area contributed by atoms with Crippen molar-refractivity contribution in [3.8, 4) is 0 Å². The molecule has 28 heavy (non-hydrogen) atoms. The number of amides is 1. The Balaban J connectivity index is 2.24. The van der Waals surface area contributed by atoms with Crippen LogP contribution < -0.4 is 5.32 Å². The number of thiophene rings is 1. The molecule has 0 aliphatic carbocycles. The van der Waals surface area contributed by atoms with Gasteiger partial charge in [-0.25, -0.2) is 9.59 Å². The van der Waals surface area contributed by atoms with Gasteiger partial charge in [-0.15, -0.1) is 23.1 Å². The molecule has 1 heterocycles. The van der Waals surface area contributed by atoms with E-state index in [1.165, 1.54) is 18.9 Å². The smallest absolute Gasteiger partial charge is 0.348 e. The Morgan fingerprint density at radius 3 is 2.43 bits per heavy atom. The third kappa shape index (κ3) is 5.27. The predicted octanol–water partition coefficient (Wildman–Crippen LogP) is 4.79. The quantitative estimate of drug-likeness (QED) is 0.491. The number of anilines is 1. The van der Waals surface area contributed by atoms with E-state index in [2.05, 4.69) is 5.32 Å². The average molecular weight is 442 g/mol. The Bertz CT molecular complexity index is 879. The first kappa shape index (κ1) is 22.3. The number of benzene rings is 1. The molecule has 1 aromatic heterocycles. The molecular weight excluding hydrogens is 422 g/mol. The zero-order chi connectivity index (χ0) is 20.8. The van der Waals surface area contributed by atoms with Gasteiger partial charge in [0.25, 0.3) is 0 Å². The van der Waals surface area contributed by atoms with Crippen LogP contribution in [0.3, 0.4) is 0 Å². The molecule has 2 aromatic rings. The van der Waals surface area contributed by atoms with Crippen LogP contribution in [0.15, 0.2) is 29.2 Å². The first-order chi connectivity index (χ1) is 13.3. The molecule has 1 amide bonds. The zero-order valence-corrected chi connectivity index (χ0v) is 18.2. The van der Waals surface area contributed by atoms with Gasteiger partial charge in [0.2, 0.25) is 5.91 Å². The Hall–Kier alpha value is -2.03. The molecular formula is C19H20ClNO5S2. The molecule has 1 N–H and O–H groups in total. The van der Waals surface area contributed by atoms with Crippen LogP contribution in [0.2, 0.25) is 5.02 Å². The zero-order valence-electron chi connectivity index (χ0n) is 15.8. The Labute approximate surface area is 176 Å². The molecule has 2 rings (SSSR count). The highest BCUT2D eigenvalue weighted by Crippen LogP contribution is 2.35. The fraction of sp³-hybridized carbons (Fsp3) is 0.316. The molecule has 0 saturated carbocycles. The lowest BCUT2D eigenvalue weighted by Gasteiger charge is -2.12. The number of esters is 2. The van der Waals surface area contributed by atoms with Crippen LogP contribution in [0, 0.1) is 6.92 Å². The highest BCUT2D eigenvalue weighted by Gasteiger charge is 2.28. The van der Waals surface area contributed by atoms with Gasteiger partial charge in [0.15, 0.2) is 0 Å². The van der Waals surface area contributed by atoms with Crippen molar-refractivity contribution < 1.29 is 23.9 Å². The maximum absolute atomic E-state index is 12.6. The maximum atomic E-state index is 12.6. The molecule has 1 aromatic carbocycles. The summed E-state index contributed by atoms with van der Waals surface area (Å²) in [4.78, 5) is 38.1. The van der Waals surface area contributed by atoms with Crippen LogP contribution in [0.5, 0.6) is 0 Å². The molecule has 0 radical (unpaired) electrons. The molecule has 9 heteroatoms. The van der Waals surface area contributed by atoms with Gasteiger partial charge in [-0.3, -0.25) is 4.79 Å². The summed E-state index contributed by atoms with van der Waals surface area (Å²) in [5.74, 6) is -1.47. The minimum atomic E-state index is -0.627. The minimum Gasteiger partial charge on any atom is -0.465 e. The Kier molecular flexibility index (Phi) is 7.91. The molecule has 6 nitrogen and oxygen atoms in total. The molecule has 0 saturated heterocycles. The third-order valence-electron chi connectivity index (χ3n) is 3.73. The second-order valence-corrected chi connectivity index (χ2v) is 8.55. The molecule has 150 valence electrons. The van der Waals surface area contributed by atoms with Gasteiger partial charge < -0.3 is 14.8 Å². The van der Waals surface area contributed by atoms with Gasteiger partial charge in [0, 0.05) is 9.92 Å². The molecule has 0 aliphatic rings. The second-order valence-electron chi connectivity index (χ2n) is 5.68. The summed E-state index contributed by atoms with van der Waals surface area (Å²) in [6.45, 7) is 5.27. The van der Waals surface area contributed by atoms with Crippen molar-refractivity contribution in [2.24, 2.45) is 0 Å². The first-order valence-corrected chi connectivity index (χ1v) is 10.5. The standard InChI is InChI=1S/C19H20ClNO5S2/c1-5-26-19(24)15-10(2)14(18(23)25-4)17(28-15)21-16(22)11(3)27-13-8-6-12(20)7-9-13/h6-9,11H,5H2,1-4H3,(H,21,22). The number of hydrogen-bond donors (Lipinski definition) is 1. The number of ether oxygens (including phenoxy) is 2. The first-order valence-electron chi connectivity index (χ1n) is 8.40.